The highest BCUT2D eigenvalue weighted by molar-refractivity contribution is 8.13. The molecule has 19 heteroatoms. The molecule has 1 heterocycles. The minimum Gasteiger partial charge on any atom is -0.425 e. The molecule has 0 unspecified atom stereocenters. The van der Waals surface area contributed by atoms with Crippen molar-refractivity contribution in [3.8, 4) is 0 Å². The molecule has 1 aliphatic heterocycles. The number of alkyl halides is 10. The van der Waals surface area contributed by atoms with Crippen LogP contribution in [-0.2, 0) is 20.0 Å². The molecule has 0 aromatic carbocycles. The van der Waals surface area contributed by atoms with Crippen LogP contribution in [0.2, 0.25) is 0 Å². The minimum atomic E-state index is -7.62. The highest BCUT2D eigenvalue weighted by Crippen LogP contribution is 2.47. The zero-order chi connectivity index (χ0) is 23.7. The van der Waals surface area contributed by atoms with Gasteiger partial charge in [-0.15, -0.1) is 0 Å². The van der Waals surface area contributed by atoms with Crippen molar-refractivity contribution in [2.75, 3.05) is 20.3 Å². The van der Waals surface area contributed by atoms with E-state index in [2.05, 4.69) is 36.2 Å². The summed E-state index contributed by atoms with van der Waals surface area (Å²) < 4.78 is 161. The van der Waals surface area contributed by atoms with Crippen molar-refractivity contribution in [1.82, 2.24) is 9.80 Å². The lowest BCUT2D eigenvalue weighted by molar-refractivity contribution is -0.241. The molecule has 0 saturated heterocycles. The van der Waals surface area contributed by atoms with Gasteiger partial charge in [-0.25, -0.2) is 16.8 Å². The van der Waals surface area contributed by atoms with Crippen LogP contribution in [-0.4, -0.2) is 69.8 Å². The molecule has 0 bridgehead atoms. The molecule has 0 spiro atoms. The van der Waals surface area contributed by atoms with E-state index in [-0.39, 0.29) is 0 Å². The number of halogens is 10. The molecule has 29 heavy (non-hydrogen) atoms. The average molecular weight is 492 g/mol. The fourth-order valence-electron chi connectivity index (χ4n) is 1.31. The zero-order valence-electron chi connectivity index (χ0n) is 14.1. The quantitative estimate of drug-likeness (QED) is 0.549. The maximum atomic E-state index is 12.3. The van der Waals surface area contributed by atoms with E-state index >= 15 is 0 Å². The third kappa shape index (κ3) is 6.00. The van der Waals surface area contributed by atoms with Crippen LogP contribution in [0.4, 0.5) is 43.9 Å². The van der Waals surface area contributed by atoms with E-state index in [0.717, 1.165) is 13.2 Å². The van der Waals surface area contributed by atoms with Gasteiger partial charge in [0.1, 0.15) is 0 Å². The van der Waals surface area contributed by atoms with Gasteiger partial charge in [0, 0.05) is 26.0 Å². The minimum absolute atomic E-state index is 0.422. The number of rotatable bonds is 5. The van der Waals surface area contributed by atoms with Crippen molar-refractivity contribution in [2.24, 2.45) is 0 Å². The second-order valence-electron chi connectivity index (χ2n) is 5.16. The van der Waals surface area contributed by atoms with Crippen molar-refractivity contribution >= 4 is 20.0 Å². The van der Waals surface area contributed by atoms with Crippen LogP contribution < -0.4 is 0 Å². The molecule has 0 radical (unpaired) electrons. The predicted molar refractivity (Wildman–Crippen MR) is 77.4 cm³/mol. The number of hydrogen-bond donors (Lipinski definition) is 0. The van der Waals surface area contributed by atoms with Gasteiger partial charge in [0.2, 0.25) is 0 Å². The molecule has 0 aromatic heterocycles. The van der Waals surface area contributed by atoms with E-state index in [1.165, 1.54) is 0 Å². The molecular weight excluding hydrogens is 480 g/mol. The highest BCUT2D eigenvalue weighted by Gasteiger charge is 2.68. The predicted octanol–water partition coefficient (Wildman–Crippen LogP) is 3.01. The van der Waals surface area contributed by atoms with Crippen LogP contribution in [0.3, 0.4) is 0 Å². The van der Waals surface area contributed by atoms with E-state index in [4.69, 9.17) is 0 Å². The lowest BCUT2D eigenvalue weighted by atomic mass is 10.6. The fraction of sp³-hybridized carbons (Fsp3) is 0.800. The molecule has 1 aliphatic rings. The Morgan fingerprint density at radius 3 is 1.31 bits per heavy atom. The summed E-state index contributed by atoms with van der Waals surface area (Å²) >= 11 is 0. The average Bonchev–Trinajstić information content (AvgIpc) is 2.90. The van der Waals surface area contributed by atoms with Gasteiger partial charge in [-0.1, -0.05) is 0 Å². The SMILES string of the molecule is CCN1C=CN(C)C1.O=S(=O)([N-]S(=O)(=O)C(F)(F)C(F)(F)F)C(F)(F)C(F)(F)F. The van der Waals surface area contributed by atoms with Gasteiger partial charge < -0.3 is 13.9 Å². The maximum absolute atomic E-state index is 12.3. The normalized spacial score (nSPS) is 16.7. The summed E-state index contributed by atoms with van der Waals surface area (Å²) in [7, 11) is -13.2. The van der Waals surface area contributed by atoms with E-state index in [0.29, 0.717) is 4.13 Å². The Morgan fingerprint density at radius 1 is 0.793 bits per heavy atom. The smallest absolute Gasteiger partial charge is 0.425 e. The highest BCUT2D eigenvalue weighted by atomic mass is 32.3. The Kier molecular flexibility index (Phi) is 7.89. The fourth-order valence-corrected chi connectivity index (χ4v) is 3.68. The monoisotopic (exact) mass is 492 g/mol. The lowest BCUT2D eigenvalue weighted by Gasteiger charge is -2.31. The largest absolute Gasteiger partial charge is 0.467 e. The second kappa shape index (κ2) is 8.32. The van der Waals surface area contributed by atoms with Crippen LogP contribution in [0.15, 0.2) is 12.4 Å². The van der Waals surface area contributed by atoms with Gasteiger partial charge in [0.15, 0.2) is 20.0 Å². The standard InChI is InChI=1S/C6H12N2.C4F10NO4S2/c1-3-8-5-4-7(2)6-8;5-1(6,7)3(11,12)20(16,17)15-21(18,19)4(13,14)2(8,9)10/h4-5H,3,6H2,1-2H3;/q;-1. The Hall–Kier alpha value is -1.50. The molecule has 0 N–H and O–H groups in total. The first-order chi connectivity index (χ1) is 12.5. The number of nitrogens with zero attached hydrogens (tertiary/aromatic N) is 3. The summed E-state index contributed by atoms with van der Waals surface area (Å²) in [5, 5.41) is -14.0. The van der Waals surface area contributed by atoms with E-state index < -0.39 is 42.9 Å². The van der Waals surface area contributed by atoms with Crippen molar-refractivity contribution in [3.63, 3.8) is 0 Å². The summed E-state index contributed by atoms with van der Waals surface area (Å²) in [4.78, 5) is 4.41. The van der Waals surface area contributed by atoms with Crippen LogP contribution in [0, 0.1) is 0 Å². The summed E-state index contributed by atoms with van der Waals surface area (Å²) in [5.74, 6) is 0. The van der Waals surface area contributed by atoms with Gasteiger partial charge in [0.05, 0.1) is 6.67 Å². The van der Waals surface area contributed by atoms with Gasteiger partial charge in [-0.05, 0) is 6.92 Å². The number of sulfonamides is 2. The summed E-state index contributed by atoms with van der Waals surface area (Å²) in [6.07, 6.45) is -9.81. The molecule has 0 aromatic rings. The first kappa shape index (κ1) is 27.5. The van der Waals surface area contributed by atoms with Crippen LogP contribution in [0.25, 0.3) is 4.13 Å². The first-order valence-corrected chi connectivity index (χ1v) is 9.66. The molecule has 1 rings (SSSR count). The zero-order valence-corrected chi connectivity index (χ0v) is 15.8. The molecule has 0 atom stereocenters. The summed E-state index contributed by atoms with van der Waals surface area (Å²) in [5.41, 5.74) is 0. The molecule has 0 aliphatic carbocycles. The van der Waals surface area contributed by atoms with Gasteiger partial charge in [0.25, 0.3) is 0 Å². The van der Waals surface area contributed by atoms with Crippen molar-refractivity contribution in [1.29, 1.82) is 0 Å². The number of hydrogen-bond acceptors (Lipinski definition) is 6. The maximum Gasteiger partial charge on any atom is 0.467 e. The van der Waals surface area contributed by atoms with E-state index in [1.807, 2.05) is 0 Å². The van der Waals surface area contributed by atoms with Gasteiger partial charge in [-0.3, -0.25) is 0 Å². The van der Waals surface area contributed by atoms with Crippen molar-refractivity contribution < 1.29 is 60.7 Å². The third-order valence-corrected chi connectivity index (χ3v) is 6.18. The Morgan fingerprint density at radius 2 is 1.14 bits per heavy atom. The Bertz CT molecular complexity index is 751. The van der Waals surface area contributed by atoms with Crippen molar-refractivity contribution in [3.05, 3.63) is 16.5 Å². The van der Waals surface area contributed by atoms with Crippen LogP contribution in [0.1, 0.15) is 6.92 Å². The molecular formula is C10H12F10N3O4S2-. The van der Waals surface area contributed by atoms with Crippen molar-refractivity contribution in [2.45, 2.75) is 29.8 Å². The first-order valence-electron chi connectivity index (χ1n) is 6.78. The summed E-state index contributed by atoms with van der Waals surface area (Å²) in [6, 6.07) is 0. The Labute approximate surface area is 158 Å². The Balaban J connectivity index is 0.000000807. The second-order valence-corrected chi connectivity index (χ2v) is 8.68. The summed E-state index contributed by atoms with van der Waals surface area (Å²) in [6.45, 7) is 4.32. The van der Waals surface area contributed by atoms with Gasteiger partial charge >= 0.3 is 22.9 Å². The van der Waals surface area contributed by atoms with E-state index in [9.17, 15) is 60.7 Å². The molecule has 0 fully saturated rings. The third-order valence-electron chi connectivity index (χ3n) is 2.85. The lowest BCUT2D eigenvalue weighted by Crippen LogP contribution is -2.48. The molecule has 0 saturated carbocycles. The topological polar surface area (TPSA) is 88.9 Å². The molecule has 0 amide bonds. The molecule has 174 valence electrons. The van der Waals surface area contributed by atoms with Crippen LogP contribution >= 0.6 is 0 Å². The van der Waals surface area contributed by atoms with Crippen LogP contribution in [0.5, 0.6) is 0 Å². The molecule has 7 nitrogen and oxygen atoms in total. The van der Waals surface area contributed by atoms with Gasteiger partial charge in [-0.2, -0.15) is 43.9 Å². The van der Waals surface area contributed by atoms with E-state index in [1.54, 1.807) is 0 Å².